The standard InChI is InChI=1S/C13H23N5O/c1-10-8-11(14)16-12(15-10)17-4-5-18(6-7-19)13(2,3)9-17/h8,19H,4-7,9H2,1-3H3,(H2,14,15,16). The van der Waals surface area contributed by atoms with E-state index in [0.29, 0.717) is 18.3 Å². The Morgan fingerprint density at radius 3 is 2.68 bits per heavy atom. The van der Waals surface area contributed by atoms with E-state index in [1.54, 1.807) is 6.07 Å². The minimum Gasteiger partial charge on any atom is -0.395 e. The third-order valence-electron chi connectivity index (χ3n) is 3.59. The molecule has 0 unspecified atom stereocenters. The van der Waals surface area contributed by atoms with Gasteiger partial charge in [0.15, 0.2) is 0 Å². The molecule has 1 aromatic rings. The number of nitrogens with zero attached hydrogens (tertiary/aromatic N) is 4. The number of rotatable bonds is 3. The average molecular weight is 265 g/mol. The molecular weight excluding hydrogens is 242 g/mol. The summed E-state index contributed by atoms with van der Waals surface area (Å²) in [6.45, 7) is 9.75. The molecule has 6 nitrogen and oxygen atoms in total. The van der Waals surface area contributed by atoms with Crippen molar-refractivity contribution < 1.29 is 5.11 Å². The molecule has 1 fully saturated rings. The zero-order valence-electron chi connectivity index (χ0n) is 11.9. The van der Waals surface area contributed by atoms with Crippen LogP contribution in [0.25, 0.3) is 0 Å². The van der Waals surface area contributed by atoms with Gasteiger partial charge in [-0.1, -0.05) is 0 Å². The van der Waals surface area contributed by atoms with E-state index in [-0.39, 0.29) is 12.1 Å². The quantitative estimate of drug-likeness (QED) is 0.816. The van der Waals surface area contributed by atoms with E-state index in [1.165, 1.54) is 0 Å². The van der Waals surface area contributed by atoms with Gasteiger partial charge in [-0.2, -0.15) is 4.98 Å². The van der Waals surface area contributed by atoms with Gasteiger partial charge in [0.05, 0.1) is 6.61 Å². The summed E-state index contributed by atoms with van der Waals surface area (Å²) in [4.78, 5) is 13.2. The number of anilines is 2. The van der Waals surface area contributed by atoms with Crippen LogP contribution < -0.4 is 10.6 Å². The lowest BCUT2D eigenvalue weighted by atomic mass is 9.99. The highest BCUT2D eigenvalue weighted by molar-refractivity contribution is 5.41. The van der Waals surface area contributed by atoms with Crippen LogP contribution in [0.2, 0.25) is 0 Å². The van der Waals surface area contributed by atoms with Crippen molar-refractivity contribution in [1.29, 1.82) is 0 Å². The van der Waals surface area contributed by atoms with Crippen molar-refractivity contribution in [3.05, 3.63) is 11.8 Å². The fourth-order valence-electron chi connectivity index (χ4n) is 2.61. The number of piperazine rings is 1. The van der Waals surface area contributed by atoms with Crippen molar-refractivity contribution in [2.75, 3.05) is 43.4 Å². The van der Waals surface area contributed by atoms with Gasteiger partial charge >= 0.3 is 0 Å². The maximum atomic E-state index is 9.11. The van der Waals surface area contributed by atoms with Gasteiger partial charge in [0.1, 0.15) is 5.82 Å². The number of nitrogen functional groups attached to an aromatic ring is 1. The maximum absolute atomic E-state index is 9.11. The first-order valence-electron chi connectivity index (χ1n) is 6.64. The summed E-state index contributed by atoms with van der Waals surface area (Å²) >= 11 is 0. The lowest BCUT2D eigenvalue weighted by molar-refractivity contribution is 0.0807. The summed E-state index contributed by atoms with van der Waals surface area (Å²) in [5.41, 5.74) is 6.66. The number of aliphatic hydroxyl groups is 1. The van der Waals surface area contributed by atoms with Crippen molar-refractivity contribution in [2.24, 2.45) is 0 Å². The van der Waals surface area contributed by atoms with Gasteiger partial charge in [0.25, 0.3) is 0 Å². The second-order valence-electron chi connectivity index (χ2n) is 5.68. The number of hydrogen-bond acceptors (Lipinski definition) is 6. The summed E-state index contributed by atoms with van der Waals surface area (Å²) in [6.07, 6.45) is 0. The molecule has 3 N–H and O–H groups in total. The highest BCUT2D eigenvalue weighted by atomic mass is 16.3. The zero-order valence-corrected chi connectivity index (χ0v) is 11.9. The lowest BCUT2D eigenvalue weighted by Gasteiger charge is -2.47. The Morgan fingerprint density at radius 1 is 1.37 bits per heavy atom. The van der Waals surface area contributed by atoms with Crippen LogP contribution in [-0.4, -0.2) is 58.3 Å². The molecule has 0 bridgehead atoms. The van der Waals surface area contributed by atoms with E-state index in [0.717, 1.165) is 25.3 Å². The summed E-state index contributed by atoms with van der Waals surface area (Å²) in [6, 6.07) is 1.77. The third kappa shape index (κ3) is 3.13. The summed E-state index contributed by atoms with van der Waals surface area (Å²) in [5.74, 6) is 1.22. The number of β-amino-alcohol motifs (C(OH)–C–C–N with tert-alkyl or cyclic N) is 1. The molecule has 0 amide bonds. The van der Waals surface area contributed by atoms with Gasteiger partial charge in [0.2, 0.25) is 5.95 Å². The molecule has 0 radical (unpaired) electrons. The van der Waals surface area contributed by atoms with E-state index >= 15 is 0 Å². The van der Waals surface area contributed by atoms with Crippen molar-refractivity contribution in [3.8, 4) is 0 Å². The van der Waals surface area contributed by atoms with Gasteiger partial charge in [-0.3, -0.25) is 4.90 Å². The second kappa shape index (κ2) is 5.30. The molecular formula is C13H23N5O. The van der Waals surface area contributed by atoms with Crippen LogP contribution in [0.1, 0.15) is 19.5 Å². The molecule has 1 aromatic heterocycles. The smallest absolute Gasteiger partial charge is 0.227 e. The Morgan fingerprint density at radius 2 is 2.11 bits per heavy atom. The lowest BCUT2D eigenvalue weighted by Crippen LogP contribution is -2.60. The molecule has 2 rings (SSSR count). The fraction of sp³-hybridized carbons (Fsp3) is 0.692. The molecule has 1 saturated heterocycles. The Bertz CT molecular complexity index is 428. The third-order valence-corrected chi connectivity index (χ3v) is 3.59. The minimum absolute atomic E-state index is 0.0111. The van der Waals surface area contributed by atoms with Crippen LogP contribution in [-0.2, 0) is 0 Å². The van der Waals surface area contributed by atoms with E-state index < -0.39 is 0 Å². The molecule has 1 aliphatic heterocycles. The van der Waals surface area contributed by atoms with Gasteiger partial charge in [0, 0.05) is 43.5 Å². The molecule has 0 aliphatic carbocycles. The number of aromatic nitrogens is 2. The first-order chi connectivity index (χ1) is 8.92. The summed E-state index contributed by atoms with van der Waals surface area (Å²) in [5, 5.41) is 9.11. The molecule has 0 saturated carbocycles. The highest BCUT2D eigenvalue weighted by Gasteiger charge is 2.34. The van der Waals surface area contributed by atoms with Crippen LogP contribution in [0.3, 0.4) is 0 Å². The van der Waals surface area contributed by atoms with Crippen molar-refractivity contribution in [3.63, 3.8) is 0 Å². The number of hydrogen-bond donors (Lipinski definition) is 2. The SMILES string of the molecule is Cc1cc(N)nc(N2CCN(CCO)C(C)(C)C2)n1. The van der Waals surface area contributed by atoms with Gasteiger partial charge in [-0.15, -0.1) is 0 Å². The van der Waals surface area contributed by atoms with Crippen LogP contribution in [0.15, 0.2) is 6.07 Å². The summed E-state index contributed by atoms with van der Waals surface area (Å²) in [7, 11) is 0. The van der Waals surface area contributed by atoms with Crippen molar-refractivity contribution >= 4 is 11.8 Å². The van der Waals surface area contributed by atoms with Crippen molar-refractivity contribution in [2.45, 2.75) is 26.3 Å². The normalized spacial score (nSPS) is 19.7. The zero-order chi connectivity index (χ0) is 14.0. The molecule has 2 heterocycles. The molecule has 0 spiro atoms. The Kier molecular flexibility index (Phi) is 3.91. The Labute approximate surface area is 114 Å². The molecule has 0 atom stereocenters. The Balaban J connectivity index is 2.16. The van der Waals surface area contributed by atoms with Crippen LogP contribution in [0.5, 0.6) is 0 Å². The average Bonchev–Trinajstić information content (AvgIpc) is 2.30. The highest BCUT2D eigenvalue weighted by Crippen LogP contribution is 2.23. The van der Waals surface area contributed by atoms with Crippen LogP contribution in [0.4, 0.5) is 11.8 Å². The first kappa shape index (κ1) is 14.0. The maximum Gasteiger partial charge on any atom is 0.227 e. The molecule has 106 valence electrons. The topological polar surface area (TPSA) is 78.5 Å². The minimum atomic E-state index is -0.0111. The number of aryl methyl sites for hydroxylation is 1. The molecule has 0 aromatic carbocycles. The van der Waals surface area contributed by atoms with E-state index in [1.807, 2.05) is 6.92 Å². The number of nitrogens with two attached hydrogens (primary N) is 1. The largest absolute Gasteiger partial charge is 0.395 e. The predicted molar refractivity (Wildman–Crippen MR) is 76.1 cm³/mol. The molecule has 1 aliphatic rings. The van der Waals surface area contributed by atoms with Gasteiger partial charge in [-0.25, -0.2) is 4.98 Å². The van der Waals surface area contributed by atoms with Gasteiger partial charge in [-0.05, 0) is 20.8 Å². The monoisotopic (exact) mass is 265 g/mol. The fourth-order valence-corrected chi connectivity index (χ4v) is 2.61. The van der Waals surface area contributed by atoms with E-state index in [9.17, 15) is 0 Å². The van der Waals surface area contributed by atoms with E-state index in [4.69, 9.17) is 10.8 Å². The Hall–Kier alpha value is -1.40. The van der Waals surface area contributed by atoms with E-state index in [2.05, 4.69) is 33.6 Å². The number of aliphatic hydroxyl groups excluding tert-OH is 1. The molecule has 19 heavy (non-hydrogen) atoms. The summed E-state index contributed by atoms with van der Waals surface area (Å²) < 4.78 is 0. The predicted octanol–water partition coefficient (Wildman–Crippen LogP) is 0.260. The van der Waals surface area contributed by atoms with Crippen LogP contribution in [0, 0.1) is 6.92 Å². The molecule has 6 heteroatoms. The second-order valence-corrected chi connectivity index (χ2v) is 5.68. The first-order valence-corrected chi connectivity index (χ1v) is 6.64. The van der Waals surface area contributed by atoms with Crippen LogP contribution >= 0.6 is 0 Å². The van der Waals surface area contributed by atoms with Gasteiger partial charge < -0.3 is 15.7 Å². The van der Waals surface area contributed by atoms with Crippen molar-refractivity contribution in [1.82, 2.24) is 14.9 Å².